The van der Waals surface area contributed by atoms with Gasteiger partial charge >= 0.3 is 0 Å². The number of methoxy groups -OCH3 is 1. The van der Waals surface area contributed by atoms with E-state index in [1.165, 1.54) is 25.4 Å². The molecule has 0 bridgehead atoms. The standard InChI is InChI=1S/C13H11FN2O2/c1-18-11-6-9(7-16-12(11)13(15)17)8-3-2-4-10(14)5-8/h2-7H,1H3,(H2,15,17). The van der Waals surface area contributed by atoms with Gasteiger partial charge in [-0.2, -0.15) is 0 Å². The van der Waals surface area contributed by atoms with Gasteiger partial charge in [0.15, 0.2) is 11.4 Å². The van der Waals surface area contributed by atoms with Crippen LogP contribution in [0.3, 0.4) is 0 Å². The third kappa shape index (κ3) is 2.29. The first-order valence-corrected chi connectivity index (χ1v) is 5.21. The summed E-state index contributed by atoms with van der Waals surface area (Å²) in [5.41, 5.74) is 6.51. The van der Waals surface area contributed by atoms with Crippen molar-refractivity contribution >= 4 is 5.91 Å². The Kier molecular flexibility index (Phi) is 3.23. The Morgan fingerprint density at radius 3 is 2.72 bits per heavy atom. The number of carbonyl (C=O) groups is 1. The fourth-order valence-electron chi connectivity index (χ4n) is 1.61. The van der Waals surface area contributed by atoms with Crippen LogP contribution in [0.2, 0.25) is 0 Å². The number of hydrogen-bond donors (Lipinski definition) is 1. The van der Waals surface area contributed by atoms with Crippen molar-refractivity contribution in [1.82, 2.24) is 4.98 Å². The van der Waals surface area contributed by atoms with Crippen LogP contribution in [0, 0.1) is 5.82 Å². The molecular formula is C13H11FN2O2. The average Bonchev–Trinajstić information content (AvgIpc) is 2.37. The van der Waals surface area contributed by atoms with Gasteiger partial charge in [0.2, 0.25) is 0 Å². The van der Waals surface area contributed by atoms with E-state index >= 15 is 0 Å². The molecule has 2 aromatic rings. The minimum atomic E-state index is -0.669. The smallest absolute Gasteiger partial charge is 0.271 e. The van der Waals surface area contributed by atoms with E-state index in [2.05, 4.69) is 4.98 Å². The molecule has 0 fully saturated rings. The van der Waals surface area contributed by atoms with Crippen LogP contribution in [0.5, 0.6) is 5.75 Å². The number of primary amides is 1. The Morgan fingerprint density at radius 1 is 1.33 bits per heavy atom. The molecule has 1 aromatic carbocycles. The largest absolute Gasteiger partial charge is 0.494 e. The van der Waals surface area contributed by atoms with Crippen molar-refractivity contribution in [2.75, 3.05) is 7.11 Å². The third-order valence-electron chi connectivity index (χ3n) is 2.46. The summed E-state index contributed by atoms with van der Waals surface area (Å²) < 4.78 is 18.2. The van der Waals surface area contributed by atoms with Gasteiger partial charge in [-0.25, -0.2) is 9.37 Å². The van der Waals surface area contributed by atoms with Crippen LogP contribution in [0.15, 0.2) is 36.5 Å². The lowest BCUT2D eigenvalue weighted by atomic mass is 10.1. The summed E-state index contributed by atoms with van der Waals surface area (Å²) in [5.74, 6) is -0.743. The van der Waals surface area contributed by atoms with Gasteiger partial charge in [-0.3, -0.25) is 4.79 Å². The van der Waals surface area contributed by atoms with E-state index in [-0.39, 0.29) is 17.3 Å². The second kappa shape index (κ2) is 4.83. The SMILES string of the molecule is COc1cc(-c2cccc(F)c2)cnc1C(N)=O. The van der Waals surface area contributed by atoms with Crippen LogP contribution >= 0.6 is 0 Å². The van der Waals surface area contributed by atoms with E-state index in [0.29, 0.717) is 11.1 Å². The molecule has 0 atom stereocenters. The number of nitrogens with two attached hydrogens (primary N) is 1. The average molecular weight is 246 g/mol. The van der Waals surface area contributed by atoms with Crippen LogP contribution in [0.1, 0.15) is 10.5 Å². The van der Waals surface area contributed by atoms with E-state index in [1.807, 2.05) is 0 Å². The number of benzene rings is 1. The molecule has 0 aliphatic heterocycles. The summed E-state index contributed by atoms with van der Waals surface area (Å²) >= 11 is 0. The maximum absolute atomic E-state index is 13.1. The number of amides is 1. The highest BCUT2D eigenvalue weighted by molar-refractivity contribution is 5.94. The van der Waals surface area contributed by atoms with E-state index in [0.717, 1.165) is 0 Å². The second-order valence-corrected chi connectivity index (χ2v) is 3.65. The second-order valence-electron chi connectivity index (χ2n) is 3.65. The van der Waals surface area contributed by atoms with E-state index in [9.17, 15) is 9.18 Å². The monoisotopic (exact) mass is 246 g/mol. The van der Waals surface area contributed by atoms with Gasteiger partial charge in [-0.15, -0.1) is 0 Å². The fraction of sp³-hybridized carbons (Fsp3) is 0.0769. The summed E-state index contributed by atoms with van der Waals surface area (Å²) in [6.45, 7) is 0. The van der Waals surface area contributed by atoms with Crippen LogP contribution in [0.25, 0.3) is 11.1 Å². The Balaban J connectivity index is 2.51. The molecule has 4 nitrogen and oxygen atoms in total. The molecule has 1 aromatic heterocycles. The van der Waals surface area contributed by atoms with Crippen molar-refractivity contribution in [1.29, 1.82) is 0 Å². The van der Waals surface area contributed by atoms with Crippen LogP contribution in [-0.4, -0.2) is 18.0 Å². The van der Waals surface area contributed by atoms with Gasteiger partial charge < -0.3 is 10.5 Å². The molecule has 5 heteroatoms. The molecule has 0 unspecified atom stereocenters. The molecule has 2 rings (SSSR count). The molecule has 0 saturated heterocycles. The number of rotatable bonds is 3. The van der Waals surface area contributed by atoms with E-state index in [1.54, 1.807) is 18.2 Å². The molecule has 0 aliphatic rings. The number of nitrogens with zero attached hydrogens (tertiary/aromatic N) is 1. The molecule has 0 spiro atoms. The quantitative estimate of drug-likeness (QED) is 0.900. The highest BCUT2D eigenvalue weighted by atomic mass is 19.1. The minimum Gasteiger partial charge on any atom is -0.494 e. The zero-order valence-electron chi connectivity index (χ0n) is 9.68. The maximum Gasteiger partial charge on any atom is 0.271 e. The van der Waals surface area contributed by atoms with Crippen LogP contribution in [-0.2, 0) is 0 Å². The first kappa shape index (κ1) is 12.0. The van der Waals surface area contributed by atoms with Crippen LogP contribution < -0.4 is 10.5 Å². The minimum absolute atomic E-state index is 0.0534. The van der Waals surface area contributed by atoms with E-state index in [4.69, 9.17) is 10.5 Å². The Hall–Kier alpha value is -2.43. The van der Waals surface area contributed by atoms with Crippen molar-refractivity contribution in [3.05, 3.63) is 48.0 Å². The number of ether oxygens (including phenoxy) is 1. The molecule has 0 radical (unpaired) electrons. The Labute approximate surface area is 103 Å². The molecule has 92 valence electrons. The predicted molar refractivity (Wildman–Crippen MR) is 64.7 cm³/mol. The van der Waals surface area contributed by atoms with Gasteiger partial charge in [-0.1, -0.05) is 12.1 Å². The molecule has 1 amide bonds. The summed E-state index contributed by atoms with van der Waals surface area (Å²) in [4.78, 5) is 15.0. The zero-order chi connectivity index (χ0) is 13.1. The molecule has 0 saturated carbocycles. The zero-order valence-corrected chi connectivity index (χ0v) is 9.68. The summed E-state index contributed by atoms with van der Waals surface area (Å²) in [6.07, 6.45) is 1.46. The van der Waals surface area contributed by atoms with Gasteiger partial charge in [-0.05, 0) is 23.8 Å². The van der Waals surface area contributed by atoms with Crippen molar-refractivity contribution in [2.24, 2.45) is 5.73 Å². The van der Waals surface area contributed by atoms with Crippen molar-refractivity contribution in [2.45, 2.75) is 0 Å². The molecule has 0 aliphatic carbocycles. The molecule has 18 heavy (non-hydrogen) atoms. The lowest BCUT2D eigenvalue weighted by molar-refractivity contribution is 0.0992. The first-order valence-electron chi connectivity index (χ1n) is 5.21. The predicted octanol–water partition coefficient (Wildman–Crippen LogP) is 2.00. The molecule has 2 N–H and O–H groups in total. The van der Waals surface area contributed by atoms with Gasteiger partial charge in [0.05, 0.1) is 7.11 Å². The van der Waals surface area contributed by atoms with E-state index < -0.39 is 5.91 Å². The topological polar surface area (TPSA) is 65.2 Å². The van der Waals surface area contributed by atoms with Crippen molar-refractivity contribution in [3.63, 3.8) is 0 Å². The van der Waals surface area contributed by atoms with Gasteiger partial charge in [0.25, 0.3) is 5.91 Å². The third-order valence-corrected chi connectivity index (χ3v) is 2.46. The maximum atomic E-state index is 13.1. The number of halogens is 1. The lowest BCUT2D eigenvalue weighted by Crippen LogP contribution is -2.14. The Morgan fingerprint density at radius 2 is 2.11 bits per heavy atom. The number of hydrogen-bond acceptors (Lipinski definition) is 3. The summed E-state index contributed by atoms with van der Waals surface area (Å²) in [5, 5.41) is 0. The van der Waals surface area contributed by atoms with Crippen LogP contribution in [0.4, 0.5) is 4.39 Å². The molecular weight excluding hydrogens is 235 g/mol. The highest BCUT2D eigenvalue weighted by Gasteiger charge is 2.12. The Bertz CT molecular complexity index is 599. The first-order chi connectivity index (χ1) is 8.61. The molecule has 1 heterocycles. The lowest BCUT2D eigenvalue weighted by Gasteiger charge is -2.07. The number of pyridine rings is 1. The van der Waals surface area contributed by atoms with Gasteiger partial charge in [0, 0.05) is 11.8 Å². The summed E-state index contributed by atoms with van der Waals surface area (Å²) in [6, 6.07) is 7.66. The van der Waals surface area contributed by atoms with Crippen molar-refractivity contribution in [3.8, 4) is 16.9 Å². The number of aromatic nitrogens is 1. The normalized spacial score (nSPS) is 10.1. The fourth-order valence-corrected chi connectivity index (χ4v) is 1.61. The summed E-state index contributed by atoms with van der Waals surface area (Å²) in [7, 11) is 1.42. The van der Waals surface area contributed by atoms with Crippen molar-refractivity contribution < 1.29 is 13.9 Å². The highest BCUT2D eigenvalue weighted by Crippen LogP contribution is 2.25. The number of carbonyl (C=O) groups excluding carboxylic acids is 1. The van der Waals surface area contributed by atoms with Gasteiger partial charge in [0.1, 0.15) is 5.82 Å².